The van der Waals surface area contributed by atoms with Crippen LogP contribution in [-0.4, -0.2) is 35.0 Å². The minimum atomic E-state index is -0.788. The molecule has 0 radical (unpaired) electrons. The molecule has 5 N–H and O–H groups in total. The number of nitrogens with two attached hydrogens (primary N) is 1. The molecule has 31 heavy (non-hydrogen) atoms. The van der Waals surface area contributed by atoms with Crippen molar-refractivity contribution in [2.45, 2.75) is 45.1 Å². The number of benzene rings is 1. The lowest BCUT2D eigenvalue weighted by molar-refractivity contribution is -0.133. The van der Waals surface area contributed by atoms with Gasteiger partial charge in [-0.25, -0.2) is 9.18 Å². The fraction of sp³-hybridized carbons (Fsp3) is 0.409. The summed E-state index contributed by atoms with van der Waals surface area (Å²) in [5.41, 5.74) is 4.27. The van der Waals surface area contributed by atoms with E-state index in [2.05, 4.69) is 5.32 Å². The molecule has 0 atom stereocenters. The number of carbonyl (C=O) groups excluding carboxylic acids is 2. The van der Waals surface area contributed by atoms with Crippen molar-refractivity contribution in [2.24, 2.45) is 11.1 Å². The van der Waals surface area contributed by atoms with Gasteiger partial charge in [-0.1, -0.05) is 13.8 Å². The van der Waals surface area contributed by atoms with Crippen LogP contribution in [0, 0.1) is 16.6 Å². The lowest BCUT2D eigenvalue weighted by atomic mass is 9.76. The fourth-order valence-electron chi connectivity index (χ4n) is 3.34. The largest absolute Gasteiger partial charge is 0.419 e. The SMILES string of the molecule is CC(C)(Cc1ccc(C(=O)Oc2ccc(C(=N)N)cc2F)s1)C(=O)NC1(CO)CCC1. The highest BCUT2D eigenvalue weighted by atomic mass is 32.1. The van der Waals surface area contributed by atoms with E-state index >= 15 is 0 Å². The van der Waals surface area contributed by atoms with Crippen LogP contribution in [0.2, 0.25) is 0 Å². The third-order valence-corrected chi connectivity index (χ3v) is 6.60. The van der Waals surface area contributed by atoms with Crippen molar-refractivity contribution in [3.63, 3.8) is 0 Å². The minimum absolute atomic E-state index is 0.0756. The first-order valence-electron chi connectivity index (χ1n) is 9.94. The average Bonchev–Trinajstić information content (AvgIpc) is 3.13. The molecule has 1 amide bonds. The third kappa shape index (κ3) is 5.11. The van der Waals surface area contributed by atoms with Crippen molar-refractivity contribution in [1.82, 2.24) is 5.32 Å². The quantitative estimate of drug-likeness (QED) is 0.214. The molecular formula is C22H26FN3O4S. The second-order valence-corrected chi connectivity index (χ2v) is 9.69. The van der Waals surface area contributed by atoms with Gasteiger partial charge in [0.1, 0.15) is 10.7 Å². The lowest BCUT2D eigenvalue weighted by Crippen LogP contribution is -2.59. The van der Waals surface area contributed by atoms with Crippen LogP contribution in [0.5, 0.6) is 5.75 Å². The van der Waals surface area contributed by atoms with Gasteiger partial charge >= 0.3 is 5.97 Å². The number of esters is 1. The van der Waals surface area contributed by atoms with Crippen LogP contribution in [0.4, 0.5) is 4.39 Å². The maximum Gasteiger partial charge on any atom is 0.353 e. The number of amides is 1. The monoisotopic (exact) mass is 447 g/mol. The van der Waals surface area contributed by atoms with Crippen molar-refractivity contribution >= 4 is 29.0 Å². The molecule has 1 saturated carbocycles. The zero-order chi connectivity index (χ0) is 22.8. The number of halogens is 1. The highest BCUT2D eigenvalue weighted by Crippen LogP contribution is 2.34. The molecule has 0 aliphatic heterocycles. The zero-order valence-electron chi connectivity index (χ0n) is 17.5. The van der Waals surface area contributed by atoms with Crippen LogP contribution < -0.4 is 15.8 Å². The van der Waals surface area contributed by atoms with E-state index in [1.54, 1.807) is 12.1 Å². The Kier molecular flexibility index (Phi) is 6.47. The van der Waals surface area contributed by atoms with E-state index in [0.29, 0.717) is 6.42 Å². The molecule has 1 aromatic carbocycles. The van der Waals surface area contributed by atoms with Gasteiger partial charge < -0.3 is 20.9 Å². The van der Waals surface area contributed by atoms with Crippen molar-refractivity contribution in [3.05, 3.63) is 51.5 Å². The Hall–Kier alpha value is -2.78. The van der Waals surface area contributed by atoms with Crippen LogP contribution in [-0.2, 0) is 11.2 Å². The number of aliphatic hydroxyl groups excluding tert-OH is 1. The number of ether oxygens (including phenoxy) is 1. The number of hydrogen-bond acceptors (Lipinski definition) is 6. The van der Waals surface area contributed by atoms with Gasteiger partial charge in [-0.2, -0.15) is 0 Å². The molecule has 1 aliphatic rings. The molecule has 3 rings (SSSR count). The first-order chi connectivity index (χ1) is 14.5. The molecule has 1 aliphatic carbocycles. The highest BCUT2D eigenvalue weighted by Gasteiger charge is 2.41. The third-order valence-electron chi connectivity index (χ3n) is 5.53. The molecule has 1 fully saturated rings. The molecule has 0 spiro atoms. The Bertz CT molecular complexity index is 1010. The van der Waals surface area contributed by atoms with Gasteiger partial charge in [0.25, 0.3) is 0 Å². The summed E-state index contributed by atoms with van der Waals surface area (Å²) in [4.78, 5) is 26.3. The standard InChI is InChI=1S/C22H26FN3O4S/c1-21(2,20(29)26-22(12-27)8-3-9-22)11-14-5-7-17(31-14)19(28)30-16-6-4-13(18(24)25)10-15(16)23/h4-7,10,27H,3,8-9,11-12H2,1-2H3,(H3,24,25)(H,26,29). The maximum absolute atomic E-state index is 14.1. The number of nitrogen functional groups attached to an aromatic ring is 1. The van der Waals surface area contributed by atoms with Crippen molar-refractivity contribution in [3.8, 4) is 5.75 Å². The summed E-state index contributed by atoms with van der Waals surface area (Å²) in [6, 6.07) is 7.02. The van der Waals surface area contributed by atoms with E-state index in [-0.39, 0.29) is 34.5 Å². The molecule has 0 unspecified atom stereocenters. The van der Waals surface area contributed by atoms with Crippen LogP contribution in [0.3, 0.4) is 0 Å². The highest BCUT2D eigenvalue weighted by molar-refractivity contribution is 7.14. The van der Waals surface area contributed by atoms with Gasteiger partial charge in [0.05, 0.1) is 12.1 Å². The summed E-state index contributed by atoms with van der Waals surface area (Å²) in [7, 11) is 0. The Morgan fingerprint density at radius 3 is 2.58 bits per heavy atom. The lowest BCUT2D eigenvalue weighted by Gasteiger charge is -2.43. The Balaban J connectivity index is 1.64. The predicted molar refractivity (Wildman–Crippen MR) is 116 cm³/mol. The summed E-state index contributed by atoms with van der Waals surface area (Å²) < 4.78 is 19.3. The summed E-state index contributed by atoms with van der Waals surface area (Å²) in [6.07, 6.45) is 2.92. The first kappa shape index (κ1) is 22.9. The number of aliphatic hydroxyl groups is 1. The van der Waals surface area contributed by atoms with Gasteiger partial charge in [0.15, 0.2) is 11.6 Å². The molecule has 166 valence electrons. The summed E-state index contributed by atoms with van der Waals surface area (Å²) >= 11 is 1.18. The van der Waals surface area contributed by atoms with Crippen LogP contribution in [0.25, 0.3) is 0 Å². The Labute approximate surface area is 183 Å². The van der Waals surface area contributed by atoms with E-state index < -0.39 is 22.7 Å². The van der Waals surface area contributed by atoms with Gasteiger partial charge in [-0.3, -0.25) is 10.2 Å². The number of hydrogen-bond donors (Lipinski definition) is 4. The predicted octanol–water partition coefficient (Wildman–Crippen LogP) is 2.99. The van der Waals surface area contributed by atoms with E-state index in [0.717, 1.165) is 30.2 Å². The topological polar surface area (TPSA) is 126 Å². The summed E-state index contributed by atoms with van der Waals surface area (Å²) in [5.74, 6) is -2.18. The molecule has 1 heterocycles. The van der Waals surface area contributed by atoms with Gasteiger partial charge in [-0.05, 0) is 56.0 Å². The Morgan fingerprint density at radius 2 is 2.03 bits per heavy atom. The molecule has 2 aromatic rings. The van der Waals surface area contributed by atoms with Gasteiger partial charge in [-0.15, -0.1) is 11.3 Å². The van der Waals surface area contributed by atoms with Gasteiger partial charge in [0.2, 0.25) is 5.91 Å². The fourth-order valence-corrected chi connectivity index (χ4v) is 4.45. The van der Waals surface area contributed by atoms with E-state index in [9.17, 15) is 19.1 Å². The molecule has 1 aromatic heterocycles. The second kappa shape index (κ2) is 8.76. The second-order valence-electron chi connectivity index (χ2n) is 8.52. The van der Waals surface area contributed by atoms with E-state index in [1.165, 1.54) is 23.5 Å². The number of nitrogens with one attached hydrogen (secondary N) is 2. The van der Waals surface area contributed by atoms with Crippen LogP contribution >= 0.6 is 11.3 Å². The molecule has 0 bridgehead atoms. The summed E-state index contributed by atoms with van der Waals surface area (Å²) in [5, 5.41) is 19.9. The Morgan fingerprint density at radius 1 is 1.32 bits per heavy atom. The van der Waals surface area contributed by atoms with E-state index in [1.807, 2.05) is 13.8 Å². The number of amidine groups is 1. The smallest absolute Gasteiger partial charge is 0.353 e. The number of carbonyl (C=O) groups is 2. The number of rotatable bonds is 8. The average molecular weight is 448 g/mol. The van der Waals surface area contributed by atoms with Gasteiger partial charge in [0, 0.05) is 15.9 Å². The zero-order valence-corrected chi connectivity index (χ0v) is 18.3. The first-order valence-corrected chi connectivity index (χ1v) is 10.8. The molecule has 7 nitrogen and oxygen atoms in total. The van der Waals surface area contributed by atoms with Crippen LogP contribution in [0.15, 0.2) is 30.3 Å². The molecule has 9 heteroatoms. The minimum Gasteiger partial charge on any atom is -0.419 e. The van der Waals surface area contributed by atoms with Crippen molar-refractivity contribution in [2.75, 3.05) is 6.61 Å². The van der Waals surface area contributed by atoms with E-state index in [4.69, 9.17) is 15.9 Å². The maximum atomic E-state index is 14.1. The summed E-state index contributed by atoms with van der Waals surface area (Å²) in [6.45, 7) is 3.55. The number of thiophene rings is 1. The van der Waals surface area contributed by atoms with Crippen molar-refractivity contribution < 1.29 is 23.8 Å². The van der Waals surface area contributed by atoms with Crippen LogP contribution in [0.1, 0.15) is 53.2 Å². The van der Waals surface area contributed by atoms with Crippen molar-refractivity contribution in [1.29, 1.82) is 5.41 Å². The molecule has 0 saturated heterocycles. The molecular weight excluding hydrogens is 421 g/mol. The normalized spacial score (nSPS) is 15.1.